The Kier molecular flexibility index (Phi) is 17.3. The van der Waals surface area contributed by atoms with E-state index in [1.165, 1.54) is 0 Å². The van der Waals surface area contributed by atoms with E-state index in [4.69, 9.17) is 20.4 Å². The average Bonchev–Trinajstić information content (AvgIpc) is 1.25. The summed E-state index contributed by atoms with van der Waals surface area (Å²) < 4.78 is 0. The normalized spacial score (nSPS) is 5.33. The van der Waals surface area contributed by atoms with Crippen LogP contribution in [0.5, 0.6) is 0 Å². The van der Waals surface area contributed by atoms with E-state index in [2.05, 4.69) is 11.5 Å². The number of nitrogens with two attached hydrogens (primary N) is 2. The lowest BCUT2D eigenvalue weighted by Crippen LogP contribution is -2.20. The monoisotopic (exact) mass is 157 g/mol. The van der Waals surface area contributed by atoms with Crippen molar-refractivity contribution in [1.82, 2.24) is 0 Å². The molecular formula is C2H8ClN3O3. The summed E-state index contributed by atoms with van der Waals surface area (Å²) in [7, 11) is 0. The zero-order chi connectivity index (χ0) is 7.15. The summed E-state index contributed by atoms with van der Waals surface area (Å²) in [6.45, 7) is 0. The zero-order valence-corrected chi connectivity index (χ0v) is 5.18. The summed E-state index contributed by atoms with van der Waals surface area (Å²) in [5.74, 6) is -0.333. The molecule has 0 amide bonds. The summed E-state index contributed by atoms with van der Waals surface area (Å²) in [4.78, 5) is 8.56. The molecule has 9 heavy (non-hydrogen) atoms. The lowest BCUT2D eigenvalue weighted by Gasteiger charge is -1.69. The maximum atomic E-state index is 8.56. The molecule has 0 fully saturated rings. The van der Waals surface area contributed by atoms with E-state index in [1.807, 2.05) is 0 Å². The molecule has 0 aliphatic heterocycles. The number of hydrogen-bond donors (Lipinski definition) is 5. The number of halogens is 1. The summed E-state index contributed by atoms with van der Waals surface area (Å²) in [5.41, 5.74) is 8.94. The quantitative estimate of drug-likeness (QED) is 0.238. The molecule has 0 radical (unpaired) electrons. The second-order valence-corrected chi connectivity index (χ2v) is 0.738. The lowest BCUT2D eigenvalue weighted by molar-refractivity contribution is 0.137. The van der Waals surface area contributed by atoms with Gasteiger partial charge in [0.05, 0.1) is 0 Å². The second kappa shape index (κ2) is 9.95. The van der Waals surface area contributed by atoms with E-state index in [0.717, 1.165) is 0 Å². The Morgan fingerprint density at radius 1 is 1.33 bits per heavy atom. The minimum atomic E-state index is -1.83. The maximum Gasteiger partial charge on any atom is 0.503 e. The van der Waals surface area contributed by atoms with Gasteiger partial charge in [0.15, 0.2) is 5.96 Å². The van der Waals surface area contributed by atoms with Crippen LogP contribution in [0.4, 0.5) is 4.79 Å². The van der Waals surface area contributed by atoms with E-state index < -0.39 is 6.16 Å². The van der Waals surface area contributed by atoms with Crippen LogP contribution < -0.4 is 11.5 Å². The number of guanidine groups is 1. The first kappa shape index (κ1) is 15.7. The summed E-state index contributed by atoms with van der Waals surface area (Å²) in [6.07, 6.45) is -1.83. The van der Waals surface area contributed by atoms with E-state index in [1.54, 1.807) is 0 Å². The fourth-order valence-electron chi connectivity index (χ4n) is 0. The molecule has 7 N–H and O–H groups in total. The average molecular weight is 158 g/mol. The van der Waals surface area contributed by atoms with Gasteiger partial charge in [0.1, 0.15) is 0 Å². The first-order chi connectivity index (χ1) is 3.46. The molecule has 0 unspecified atom stereocenters. The van der Waals surface area contributed by atoms with Crippen LogP contribution in [-0.2, 0) is 0 Å². The molecular weight excluding hydrogens is 149 g/mol. The Labute approximate surface area is 57.4 Å². The highest BCUT2D eigenvalue weighted by Crippen LogP contribution is 1.42. The highest BCUT2D eigenvalue weighted by molar-refractivity contribution is 5.85. The Hall–Kier alpha value is -1.17. The van der Waals surface area contributed by atoms with Gasteiger partial charge >= 0.3 is 6.16 Å². The predicted octanol–water partition coefficient (Wildman–Crippen LogP) is -0.517. The smallest absolute Gasteiger partial charge is 0.450 e. The molecule has 0 aromatic rings. The third-order valence-electron chi connectivity index (χ3n) is 0. The van der Waals surface area contributed by atoms with Gasteiger partial charge in [-0.3, -0.25) is 5.41 Å². The minimum Gasteiger partial charge on any atom is -0.450 e. The van der Waals surface area contributed by atoms with Crippen LogP contribution in [0.15, 0.2) is 0 Å². The van der Waals surface area contributed by atoms with E-state index in [-0.39, 0.29) is 18.4 Å². The number of rotatable bonds is 0. The number of hydrogen-bond acceptors (Lipinski definition) is 2. The zero-order valence-electron chi connectivity index (χ0n) is 4.37. The standard InChI is InChI=1S/CH5N3.CH2O3.ClH/c2*2-1(3)4;/h(H5,2,3,4);(H2,2,3,4);1H. The van der Waals surface area contributed by atoms with Gasteiger partial charge < -0.3 is 21.7 Å². The molecule has 56 valence electrons. The van der Waals surface area contributed by atoms with Crippen LogP contribution in [0.3, 0.4) is 0 Å². The van der Waals surface area contributed by atoms with Crippen molar-refractivity contribution in [2.45, 2.75) is 0 Å². The van der Waals surface area contributed by atoms with Crippen LogP contribution in [0.25, 0.3) is 0 Å². The summed E-state index contributed by atoms with van der Waals surface area (Å²) in [6, 6.07) is 0. The summed E-state index contributed by atoms with van der Waals surface area (Å²) in [5, 5.41) is 20.0. The topological polar surface area (TPSA) is 133 Å². The Bertz CT molecular complexity index is 75.1. The third kappa shape index (κ3) is 116. The molecule has 0 aliphatic rings. The van der Waals surface area contributed by atoms with Crippen LogP contribution in [0.1, 0.15) is 0 Å². The highest BCUT2D eigenvalue weighted by Gasteiger charge is 1.70. The molecule has 0 saturated heterocycles. The van der Waals surface area contributed by atoms with Crippen LogP contribution in [0, 0.1) is 5.41 Å². The van der Waals surface area contributed by atoms with Crippen molar-refractivity contribution >= 4 is 24.5 Å². The first-order valence-corrected chi connectivity index (χ1v) is 1.48. The number of carboxylic acid groups (broad SMARTS) is 2. The van der Waals surface area contributed by atoms with Crippen molar-refractivity contribution < 1.29 is 15.0 Å². The van der Waals surface area contributed by atoms with Gasteiger partial charge in [-0.25, -0.2) is 4.79 Å². The molecule has 0 heterocycles. The van der Waals surface area contributed by atoms with Gasteiger partial charge in [-0.2, -0.15) is 0 Å². The first-order valence-electron chi connectivity index (χ1n) is 1.48. The van der Waals surface area contributed by atoms with Crippen LogP contribution >= 0.6 is 12.4 Å². The molecule has 0 aromatic carbocycles. The third-order valence-corrected chi connectivity index (χ3v) is 0. The number of nitrogens with one attached hydrogen (secondary N) is 1. The van der Waals surface area contributed by atoms with Gasteiger partial charge in [0.2, 0.25) is 0 Å². The summed E-state index contributed by atoms with van der Waals surface area (Å²) >= 11 is 0. The van der Waals surface area contributed by atoms with E-state index in [9.17, 15) is 0 Å². The van der Waals surface area contributed by atoms with Crippen LogP contribution in [-0.4, -0.2) is 22.3 Å². The molecule has 0 aliphatic carbocycles. The molecule has 7 heteroatoms. The van der Waals surface area contributed by atoms with Crippen molar-refractivity contribution in [3.8, 4) is 0 Å². The highest BCUT2D eigenvalue weighted by atomic mass is 35.5. The molecule has 6 nitrogen and oxygen atoms in total. The van der Waals surface area contributed by atoms with Crippen molar-refractivity contribution in [3.63, 3.8) is 0 Å². The molecule has 0 atom stereocenters. The predicted molar refractivity (Wildman–Crippen MR) is 34.0 cm³/mol. The lowest BCUT2D eigenvalue weighted by atomic mass is 11.1. The van der Waals surface area contributed by atoms with Gasteiger partial charge in [-0.15, -0.1) is 12.4 Å². The fraction of sp³-hybridized carbons (Fsp3) is 0. The van der Waals surface area contributed by atoms with Crippen molar-refractivity contribution in [2.24, 2.45) is 11.5 Å². The van der Waals surface area contributed by atoms with E-state index in [0.29, 0.717) is 0 Å². The van der Waals surface area contributed by atoms with Gasteiger partial charge in [-0.05, 0) is 0 Å². The minimum absolute atomic E-state index is 0. The molecule has 0 aromatic heterocycles. The Morgan fingerprint density at radius 2 is 1.33 bits per heavy atom. The van der Waals surface area contributed by atoms with E-state index >= 15 is 0 Å². The maximum absolute atomic E-state index is 8.56. The van der Waals surface area contributed by atoms with Gasteiger partial charge in [-0.1, -0.05) is 0 Å². The van der Waals surface area contributed by atoms with Crippen molar-refractivity contribution in [3.05, 3.63) is 0 Å². The second-order valence-electron chi connectivity index (χ2n) is 0.738. The van der Waals surface area contributed by atoms with Crippen molar-refractivity contribution in [2.75, 3.05) is 0 Å². The molecule has 0 spiro atoms. The molecule has 0 rings (SSSR count). The molecule has 0 saturated carbocycles. The van der Waals surface area contributed by atoms with Gasteiger partial charge in [0.25, 0.3) is 0 Å². The molecule has 0 bridgehead atoms. The van der Waals surface area contributed by atoms with Gasteiger partial charge in [0, 0.05) is 0 Å². The fourth-order valence-corrected chi connectivity index (χ4v) is 0. The van der Waals surface area contributed by atoms with Crippen molar-refractivity contribution in [1.29, 1.82) is 5.41 Å². The largest absolute Gasteiger partial charge is 0.503 e. The Morgan fingerprint density at radius 3 is 1.33 bits per heavy atom. The number of carbonyl (C=O) groups is 1. The van der Waals surface area contributed by atoms with Crippen LogP contribution in [0.2, 0.25) is 0 Å². The Balaban J connectivity index is -0.0000000720. The SMILES string of the molecule is Cl.N=C(N)N.O=C(O)O.